The topological polar surface area (TPSA) is 53.4 Å². The Morgan fingerprint density at radius 1 is 1.24 bits per heavy atom. The normalized spacial score (nSPS) is 12.0. The molecule has 1 aromatic heterocycles. The van der Waals surface area contributed by atoms with E-state index in [1.165, 1.54) is 6.20 Å². The van der Waals surface area contributed by atoms with Gasteiger partial charge in [-0.25, -0.2) is 0 Å². The summed E-state index contributed by atoms with van der Waals surface area (Å²) < 4.78 is 37.6. The van der Waals surface area contributed by atoms with Crippen LogP contribution in [0.1, 0.15) is 5.56 Å². The second-order valence-electron chi connectivity index (χ2n) is 4.67. The van der Waals surface area contributed by atoms with Crippen molar-refractivity contribution in [3.8, 4) is 0 Å². The molecular weight excluding hydrogens is 285 g/mol. The SMILES string of the molecule is O=C(O)CN(Cc1cncc2ccccc12)CC(F)(F)F. The van der Waals surface area contributed by atoms with Crippen LogP contribution in [0.4, 0.5) is 13.2 Å². The van der Waals surface area contributed by atoms with Crippen molar-refractivity contribution in [1.29, 1.82) is 0 Å². The molecule has 0 amide bonds. The first kappa shape index (κ1) is 15.2. The van der Waals surface area contributed by atoms with E-state index in [0.717, 1.165) is 15.7 Å². The van der Waals surface area contributed by atoms with E-state index in [-0.39, 0.29) is 6.54 Å². The summed E-state index contributed by atoms with van der Waals surface area (Å²) in [6, 6.07) is 7.16. The molecule has 0 unspecified atom stereocenters. The van der Waals surface area contributed by atoms with Crippen molar-refractivity contribution < 1.29 is 23.1 Å². The Morgan fingerprint density at radius 2 is 1.95 bits per heavy atom. The molecule has 7 heteroatoms. The van der Waals surface area contributed by atoms with Gasteiger partial charge in [0.2, 0.25) is 0 Å². The number of fused-ring (bicyclic) bond motifs is 1. The van der Waals surface area contributed by atoms with Crippen molar-refractivity contribution >= 4 is 16.7 Å². The van der Waals surface area contributed by atoms with Crippen LogP contribution in [0.15, 0.2) is 36.7 Å². The Balaban J connectivity index is 2.27. The molecule has 2 aromatic rings. The average Bonchev–Trinajstić information content (AvgIpc) is 2.36. The summed E-state index contributed by atoms with van der Waals surface area (Å²) in [6.07, 6.45) is -1.37. The Bertz CT molecular complexity index is 638. The molecular formula is C14H13F3N2O2. The van der Waals surface area contributed by atoms with Crippen LogP contribution in [0.3, 0.4) is 0 Å². The van der Waals surface area contributed by atoms with Gasteiger partial charge in [-0.2, -0.15) is 13.2 Å². The lowest BCUT2D eigenvalue weighted by molar-refractivity contribution is -0.154. The van der Waals surface area contributed by atoms with Gasteiger partial charge in [-0.1, -0.05) is 24.3 Å². The van der Waals surface area contributed by atoms with Gasteiger partial charge < -0.3 is 5.11 Å². The number of aliphatic carboxylic acids is 1. The molecule has 2 rings (SSSR count). The zero-order valence-electron chi connectivity index (χ0n) is 11.0. The van der Waals surface area contributed by atoms with Crippen LogP contribution in [-0.4, -0.2) is 40.2 Å². The highest BCUT2D eigenvalue weighted by Gasteiger charge is 2.31. The second-order valence-corrected chi connectivity index (χ2v) is 4.67. The fourth-order valence-electron chi connectivity index (χ4n) is 2.16. The van der Waals surface area contributed by atoms with Crippen LogP contribution in [0, 0.1) is 0 Å². The minimum atomic E-state index is -4.45. The minimum Gasteiger partial charge on any atom is -0.480 e. The van der Waals surface area contributed by atoms with Crippen molar-refractivity contribution in [2.45, 2.75) is 12.7 Å². The van der Waals surface area contributed by atoms with Gasteiger partial charge in [0.05, 0.1) is 13.1 Å². The predicted octanol–water partition coefficient (Wildman–Crippen LogP) is 2.68. The van der Waals surface area contributed by atoms with Gasteiger partial charge in [0, 0.05) is 24.3 Å². The van der Waals surface area contributed by atoms with Gasteiger partial charge >= 0.3 is 12.1 Å². The number of benzene rings is 1. The number of halogens is 3. The average molecular weight is 298 g/mol. The van der Waals surface area contributed by atoms with Crippen LogP contribution < -0.4 is 0 Å². The molecule has 0 radical (unpaired) electrons. The monoisotopic (exact) mass is 298 g/mol. The molecule has 0 saturated heterocycles. The largest absolute Gasteiger partial charge is 0.480 e. The third-order valence-electron chi connectivity index (χ3n) is 2.91. The van der Waals surface area contributed by atoms with E-state index in [2.05, 4.69) is 4.98 Å². The van der Waals surface area contributed by atoms with Crippen LogP contribution in [0.25, 0.3) is 10.8 Å². The van der Waals surface area contributed by atoms with Crippen molar-refractivity contribution in [3.05, 3.63) is 42.2 Å². The highest BCUT2D eigenvalue weighted by atomic mass is 19.4. The van der Waals surface area contributed by atoms with E-state index in [9.17, 15) is 18.0 Å². The molecule has 21 heavy (non-hydrogen) atoms. The lowest BCUT2D eigenvalue weighted by Gasteiger charge is -2.22. The molecule has 1 aromatic carbocycles. The number of pyridine rings is 1. The highest BCUT2D eigenvalue weighted by Crippen LogP contribution is 2.21. The number of carbonyl (C=O) groups is 1. The van der Waals surface area contributed by atoms with Crippen LogP contribution in [0.2, 0.25) is 0 Å². The molecule has 112 valence electrons. The Morgan fingerprint density at radius 3 is 2.62 bits per heavy atom. The van der Waals surface area contributed by atoms with Gasteiger partial charge in [-0.05, 0) is 10.9 Å². The summed E-state index contributed by atoms with van der Waals surface area (Å²) in [4.78, 5) is 15.5. The lowest BCUT2D eigenvalue weighted by atomic mass is 10.1. The molecule has 0 saturated carbocycles. The smallest absolute Gasteiger partial charge is 0.401 e. The molecule has 0 spiro atoms. The van der Waals surface area contributed by atoms with E-state index < -0.39 is 25.2 Å². The van der Waals surface area contributed by atoms with Crippen molar-refractivity contribution in [3.63, 3.8) is 0 Å². The Labute approximate surface area is 118 Å². The first-order valence-electron chi connectivity index (χ1n) is 6.18. The molecule has 1 N–H and O–H groups in total. The minimum absolute atomic E-state index is 0.125. The third-order valence-corrected chi connectivity index (χ3v) is 2.91. The van der Waals surface area contributed by atoms with Crippen LogP contribution in [0.5, 0.6) is 0 Å². The van der Waals surface area contributed by atoms with E-state index >= 15 is 0 Å². The van der Waals surface area contributed by atoms with Crippen molar-refractivity contribution in [2.75, 3.05) is 13.1 Å². The number of carboxylic acid groups (broad SMARTS) is 1. The summed E-state index contributed by atoms with van der Waals surface area (Å²) in [5.41, 5.74) is 0.568. The van der Waals surface area contributed by atoms with Gasteiger partial charge in [0.15, 0.2) is 0 Å². The van der Waals surface area contributed by atoms with E-state index in [1.807, 2.05) is 0 Å². The number of rotatable bonds is 5. The number of alkyl halides is 3. The third kappa shape index (κ3) is 4.42. The maximum atomic E-state index is 12.5. The Hall–Kier alpha value is -2.15. The molecule has 0 aliphatic heterocycles. The zero-order valence-corrected chi connectivity index (χ0v) is 11.0. The lowest BCUT2D eigenvalue weighted by Crippen LogP contribution is -2.37. The van der Waals surface area contributed by atoms with Crippen molar-refractivity contribution in [1.82, 2.24) is 9.88 Å². The number of hydrogen-bond donors (Lipinski definition) is 1. The van der Waals surface area contributed by atoms with Gasteiger partial charge in [-0.15, -0.1) is 0 Å². The molecule has 0 fully saturated rings. The van der Waals surface area contributed by atoms with Crippen LogP contribution >= 0.6 is 0 Å². The fraction of sp³-hybridized carbons (Fsp3) is 0.286. The first-order valence-corrected chi connectivity index (χ1v) is 6.18. The predicted molar refractivity (Wildman–Crippen MR) is 70.7 cm³/mol. The highest BCUT2D eigenvalue weighted by molar-refractivity contribution is 5.84. The maximum absolute atomic E-state index is 12.5. The molecule has 0 atom stereocenters. The molecule has 1 heterocycles. The van der Waals surface area contributed by atoms with Crippen LogP contribution in [-0.2, 0) is 11.3 Å². The summed E-state index contributed by atoms with van der Waals surface area (Å²) in [6.45, 7) is -2.08. The zero-order chi connectivity index (χ0) is 15.5. The van der Waals surface area contributed by atoms with Gasteiger partial charge in [0.1, 0.15) is 0 Å². The number of nitrogens with zero attached hydrogens (tertiary/aromatic N) is 2. The molecule has 4 nitrogen and oxygen atoms in total. The van der Waals surface area contributed by atoms with E-state index in [4.69, 9.17) is 5.11 Å². The standard InChI is InChI=1S/C14H13F3N2O2/c15-14(16,17)9-19(8-13(20)21)7-11-6-18-5-10-3-1-2-4-12(10)11/h1-6H,7-9H2,(H,20,21). The number of hydrogen-bond acceptors (Lipinski definition) is 3. The Kier molecular flexibility index (Phi) is 4.42. The maximum Gasteiger partial charge on any atom is 0.401 e. The molecule has 0 aliphatic carbocycles. The first-order chi connectivity index (χ1) is 9.85. The summed E-state index contributed by atoms with van der Waals surface area (Å²) in [5, 5.41) is 10.3. The van der Waals surface area contributed by atoms with Gasteiger partial charge in [0.25, 0.3) is 0 Å². The number of aromatic nitrogens is 1. The fourth-order valence-corrected chi connectivity index (χ4v) is 2.16. The second kappa shape index (κ2) is 6.09. The number of carboxylic acids is 1. The summed E-state index contributed by atoms with van der Waals surface area (Å²) in [7, 11) is 0. The molecule has 0 bridgehead atoms. The summed E-state index contributed by atoms with van der Waals surface area (Å²) >= 11 is 0. The van der Waals surface area contributed by atoms with E-state index in [1.54, 1.807) is 30.5 Å². The van der Waals surface area contributed by atoms with Crippen molar-refractivity contribution in [2.24, 2.45) is 0 Å². The molecule has 0 aliphatic rings. The van der Waals surface area contributed by atoms with E-state index in [0.29, 0.717) is 5.56 Å². The van der Waals surface area contributed by atoms with Gasteiger partial charge in [-0.3, -0.25) is 14.7 Å². The quantitative estimate of drug-likeness (QED) is 0.922. The summed E-state index contributed by atoms with van der Waals surface area (Å²) in [5.74, 6) is -1.30.